The lowest BCUT2D eigenvalue weighted by atomic mass is 10.1. The van der Waals surface area contributed by atoms with Crippen molar-refractivity contribution in [2.45, 2.75) is 32.6 Å². The third kappa shape index (κ3) is 4.94. The van der Waals surface area contributed by atoms with E-state index >= 15 is 0 Å². The second-order valence-corrected chi connectivity index (χ2v) is 5.27. The van der Waals surface area contributed by atoms with Gasteiger partial charge in [0.25, 0.3) is 0 Å². The lowest BCUT2D eigenvalue weighted by molar-refractivity contribution is -0.151. The lowest BCUT2D eigenvalue weighted by Crippen LogP contribution is -2.38. The minimum Gasteiger partial charge on any atom is -0.288 e. The summed E-state index contributed by atoms with van der Waals surface area (Å²) in [5.41, 5.74) is 0.260. The normalized spacial score (nSPS) is 12.5. The van der Waals surface area contributed by atoms with Gasteiger partial charge in [0.2, 0.25) is 0 Å². The van der Waals surface area contributed by atoms with Gasteiger partial charge in [0.05, 0.1) is 6.54 Å². The van der Waals surface area contributed by atoms with E-state index in [9.17, 15) is 17.6 Å². The summed E-state index contributed by atoms with van der Waals surface area (Å²) < 4.78 is 51.3. The van der Waals surface area contributed by atoms with Crippen molar-refractivity contribution in [1.82, 2.24) is 4.90 Å². The van der Waals surface area contributed by atoms with Crippen molar-refractivity contribution in [3.05, 3.63) is 34.1 Å². The highest BCUT2D eigenvalue weighted by molar-refractivity contribution is 9.10. The van der Waals surface area contributed by atoms with Gasteiger partial charge in [0, 0.05) is 22.6 Å². The van der Waals surface area contributed by atoms with Crippen LogP contribution in [0.25, 0.3) is 0 Å². The Morgan fingerprint density at radius 3 is 2.33 bits per heavy atom. The number of hydrogen-bond acceptors (Lipinski definition) is 1. The van der Waals surface area contributed by atoms with Crippen molar-refractivity contribution in [3.63, 3.8) is 0 Å². The Morgan fingerprint density at radius 1 is 1.28 bits per heavy atom. The second-order valence-electron chi connectivity index (χ2n) is 4.35. The molecule has 0 atom stereocenters. The molecule has 0 heterocycles. The fourth-order valence-corrected chi connectivity index (χ4v) is 1.85. The maximum Gasteiger partial charge on any atom is 0.401 e. The average Bonchev–Trinajstić information content (AvgIpc) is 2.18. The molecule has 0 spiro atoms. The molecular formula is C12H14BrF4N. The van der Waals surface area contributed by atoms with Gasteiger partial charge in [0.1, 0.15) is 5.82 Å². The third-order valence-electron chi connectivity index (χ3n) is 2.50. The largest absolute Gasteiger partial charge is 0.401 e. The molecule has 0 aliphatic carbocycles. The Morgan fingerprint density at radius 2 is 1.89 bits per heavy atom. The maximum absolute atomic E-state index is 13.6. The first-order chi connectivity index (χ1) is 8.19. The first kappa shape index (κ1) is 15.4. The molecule has 1 rings (SSSR count). The van der Waals surface area contributed by atoms with Crippen molar-refractivity contribution in [2.75, 3.05) is 6.54 Å². The van der Waals surface area contributed by atoms with Crippen LogP contribution in [-0.4, -0.2) is 23.7 Å². The topological polar surface area (TPSA) is 3.24 Å². The van der Waals surface area contributed by atoms with Gasteiger partial charge in [-0.25, -0.2) is 4.39 Å². The fraction of sp³-hybridized carbons (Fsp3) is 0.500. The monoisotopic (exact) mass is 327 g/mol. The molecule has 102 valence electrons. The summed E-state index contributed by atoms with van der Waals surface area (Å²) in [6.07, 6.45) is -4.28. The van der Waals surface area contributed by atoms with E-state index in [1.807, 2.05) is 0 Å². The highest BCUT2D eigenvalue weighted by atomic mass is 79.9. The van der Waals surface area contributed by atoms with Gasteiger partial charge >= 0.3 is 6.18 Å². The van der Waals surface area contributed by atoms with E-state index in [4.69, 9.17) is 0 Å². The summed E-state index contributed by atoms with van der Waals surface area (Å²) in [4.78, 5) is 1.19. The van der Waals surface area contributed by atoms with Crippen molar-refractivity contribution in [2.24, 2.45) is 0 Å². The second kappa shape index (κ2) is 6.02. The summed E-state index contributed by atoms with van der Waals surface area (Å²) in [6, 6.07) is 4.05. The van der Waals surface area contributed by atoms with E-state index in [1.54, 1.807) is 19.9 Å². The minimum atomic E-state index is -4.28. The van der Waals surface area contributed by atoms with Gasteiger partial charge in [-0.05, 0) is 26.0 Å². The summed E-state index contributed by atoms with van der Waals surface area (Å²) >= 11 is 3.11. The molecule has 1 aromatic carbocycles. The fourth-order valence-electron chi connectivity index (χ4n) is 1.52. The molecule has 18 heavy (non-hydrogen) atoms. The van der Waals surface area contributed by atoms with Crippen LogP contribution < -0.4 is 0 Å². The zero-order valence-electron chi connectivity index (χ0n) is 10.1. The molecule has 1 nitrogen and oxygen atoms in total. The van der Waals surface area contributed by atoms with Crippen LogP contribution in [0.2, 0.25) is 0 Å². The van der Waals surface area contributed by atoms with Gasteiger partial charge in [0.15, 0.2) is 0 Å². The van der Waals surface area contributed by atoms with Crippen LogP contribution in [0.15, 0.2) is 22.7 Å². The third-order valence-corrected chi connectivity index (χ3v) is 2.99. The van der Waals surface area contributed by atoms with Crippen LogP contribution in [0, 0.1) is 5.82 Å². The summed E-state index contributed by atoms with van der Waals surface area (Å²) in [5.74, 6) is -0.503. The Hall–Kier alpha value is -0.620. The average molecular weight is 328 g/mol. The first-order valence-electron chi connectivity index (χ1n) is 5.44. The predicted octanol–water partition coefficient (Wildman–Crippen LogP) is 4.36. The summed E-state index contributed by atoms with van der Waals surface area (Å²) in [5, 5.41) is 0. The molecule has 1 aromatic rings. The number of rotatable bonds is 4. The van der Waals surface area contributed by atoms with Gasteiger partial charge in [-0.2, -0.15) is 13.2 Å². The molecule has 0 saturated heterocycles. The Balaban J connectivity index is 2.83. The van der Waals surface area contributed by atoms with Crippen LogP contribution >= 0.6 is 15.9 Å². The van der Waals surface area contributed by atoms with E-state index in [0.717, 1.165) is 0 Å². The van der Waals surface area contributed by atoms with Crippen LogP contribution in [0.5, 0.6) is 0 Å². The van der Waals surface area contributed by atoms with E-state index in [0.29, 0.717) is 4.47 Å². The number of alkyl halides is 3. The van der Waals surface area contributed by atoms with Crippen molar-refractivity contribution >= 4 is 15.9 Å². The molecule has 0 N–H and O–H groups in total. The molecule has 0 bridgehead atoms. The summed E-state index contributed by atoms with van der Waals surface area (Å²) in [6.45, 7) is 2.21. The molecule has 0 saturated carbocycles. The Bertz CT molecular complexity index is 404. The zero-order chi connectivity index (χ0) is 13.9. The molecule has 0 amide bonds. The Kier molecular flexibility index (Phi) is 5.16. The van der Waals surface area contributed by atoms with Crippen molar-refractivity contribution in [1.29, 1.82) is 0 Å². The minimum absolute atomic E-state index is 0.0592. The highest BCUT2D eigenvalue weighted by Gasteiger charge is 2.32. The van der Waals surface area contributed by atoms with Crippen LogP contribution in [0.1, 0.15) is 19.4 Å². The molecule has 0 fully saturated rings. The molecule has 0 radical (unpaired) electrons. The molecule has 0 aliphatic rings. The number of halogens is 5. The maximum atomic E-state index is 13.6. The van der Waals surface area contributed by atoms with Crippen LogP contribution in [-0.2, 0) is 6.54 Å². The molecule has 0 aliphatic heterocycles. The van der Waals surface area contributed by atoms with Crippen molar-refractivity contribution in [3.8, 4) is 0 Å². The number of benzene rings is 1. The van der Waals surface area contributed by atoms with Gasteiger partial charge < -0.3 is 0 Å². The van der Waals surface area contributed by atoms with Crippen LogP contribution in [0.3, 0.4) is 0 Å². The van der Waals surface area contributed by atoms with E-state index in [-0.39, 0.29) is 18.2 Å². The van der Waals surface area contributed by atoms with E-state index in [1.165, 1.54) is 17.0 Å². The van der Waals surface area contributed by atoms with Gasteiger partial charge in [-0.3, -0.25) is 4.90 Å². The van der Waals surface area contributed by atoms with Gasteiger partial charge in [-0.15, -0.1) is 0 Å². The lowest BCUT2D eigenvalue weighted by Gasteiger charge is -2.27. The molecular weight excluding hydrogens is 314 g/mol. The molecule has 0 aromatic heterocycles. The Labute approximate surface area is 112 Å². The zero-order valence-corrected chi connectivity index (χ0v) is 11.6. The smallest absolute Gasteiger partial charge is 0.288 e. The number of hydrogen-bond donors (Lipinski definition) is 0. The van der Waals surface area contributed by atoms with Gasteiger partial charge in [-0.1, -0.05) is 22.0 Å². The molecule has 6 heteroatoms. The predicted molar refractivity (Wildman–Crippen MR) is 65.7 cm³/mol. The SMILES string of the molecule is CC(C)N(Cc1ccc(Br)cc1F)CC(F)(F)F. The van der Waals surface area contributed by atoms with E-state index in [2.05, 4.69) is 15.9 Å². The standard InChI is InChI=1S/C12H14BrF4N/c1-8(2)18(7-12(15,16)17)6-9-3-4-10(13)5-11(9)14/h3-5,8H,6-7H2,1-2H3. The van der Waals surface area contributed by atoms with E-state index < -0.39 is 18.5 Å². The summed E-state index contributed by atoms with van der Waals surface area (Å²) in [7, 11) is 0. The quantitative estimate of drug-likeness (QED) is 0.742. The van der Waals surface area contributed by atoms with Crippen molar-refractivity contribution < 1.29 is 17.6 Å². The first-order valence-corrected chi connectivity index (χ1v) is 6.23. The number of nitrogens with zero attached hydrogens (tertiary/aromatic N) is 1. The molecule has 0 unspecified atom stereocenters. The highest BCUT2D eigenvalue weighted by Crippen LogP contribution is 2.22. The van der Waals surface area contributed by atoms with Crippen LogP contribution in [0.4, 0.5) is 17.6 Å².